The average Bonchev–Trinajstić information content (AvgIpc) is 3.18. The molecule has 6 nitrogen and oxygen atoms in total. The van der Waals surface area contributed by atoms with Crippen LogP contribution in [0.3, 0.4) is 0 Å². The summed E-state index contributed by atoms with van der Waals surface area (Å²) in [7, 11) is 0. The van der Waals surface area contributed by atoms with Gasteiger partial charge in [0.1, 0.15) is 11.6 Å². The molecule has 7 heteroatoms. The summed E-state index contributed by atoms with van der Waals surface area (Å²) in [6.07, 6.45) is 3.44. The number of carbonyl (C=O) groups excluding carboxylic acids is 1. The summed E-state index contributed by atoms with van der Waals surface area (Å²) in [5.74, 6) is 0.479. The summed E-state index contributed by atoms with van der Waals surface area (Å²) in [5, 5.41) is 4.31. The molecule has 1 aliphatic heterocycles. The van der Waals surface area contributed by atoms with Crippen molar-refractivity contribution in [2.75, 3.05) is 31.1 Å². The van der Waals surface area contributed by atoms with E-state index in [4.69, 9.17) is 0 Å². The first-order valence-corrected chi connectivity index (χ1v) is 8.47. The fourth-order valence-electron chi connectivity index (χ4n) is 3.04. The third-order valence-electron chi connectivity index (χ3n) is 4.42. The van der Waals surface area contributed by atoms with Crippen molar-refractivity contribution in [3.63, 3.8) is 0 Å². The van der Waals surface area contributed by atoms with Crippen LogP contribution in [0.25, 0.3) is 5.69 Å². The Morgan fingerprint density at radius 1 is 1.00 bits per heavy atom. The number of rotatable bonds is 3. The molecule has 0 N–H and O–H groups in total. The molecular weight excluding hydrogens is 333 g/mol. The second-order valence-corrected chi connectivity index (χ2v) is 6.09. The van der Waals surface area contributed by atoms with Gasteiger partial charge in [-0.25, -0.2) is 14.1 Å². The minimum Gasteiger partial charge on any atom is -0.353 e. The fourth-order valence-corrected chi connectivity index (χ4v) is 3.04. The van der Waals surface area contributed by atoms with Gasteiger partial charge in [-0.05, 0) is 36.4 Å². The zero-order valence-electron chi connectivity index (χ0n) is 14.1. The van der Waals surface area contributed by atoms with Crippen LogP contribution in [-0.4, -0.2) is 51.8 Å². The van der Waals surface area contributed by atoms with E-state index >= 15 is 0 Å². The molecule has 0 saturated carbocycles. The van der Waals surface area contributed by atoms with Crippen LogP contribution >= 0.6 is 0 Å². The van der Waals surface area contributed by atoms with Crippen LogP contribution in [0.2, 0.25) is 0 Å². The first kappa shape index (κ1) is 16.3. The Morgan fingerprint density at radius 3 is 2.58 bits per heavy atom. The van der Waals surface area contributed by atoms with E-state index in [1.54, 1.807) is 35.5 Å². The van der Waals surface area contributed by atoms with Gasteiger partial charge in [0.05, 0.1) is 5.69 Å². The Morgan fingerprint density at radius 2 is 1.85 bits per heavy atom. The normalized spacial score (nSPS) is 14.5. The van der Waals surface area contributed by atoms with Gasteiger partial charge < -0.3 is 9.80 Å². The fraction of sp³-hybridized carbons (Fsp3) is 0.211. The van der Waals surface area contributed by atoms with Crippen molar-refractivity contribution < 1.29 is 9.18 Å². The van der Waals surface area contributed by atoms with Gasteiger partial charge in [-0.15, -0.1) is 0 Å². The Labute approximate surface area is 150 Å². The molecule has 0 atom stereocenters. The van der Waals surface area contributed by atoms with E-state index in [1.165, 1.54) is 16.8 Å². The maximum absolute atomic E-state index is 13.4. The van der Waals surface area contributed by atoms with Crippen molar-refractivity contribution in [1.29, 1.82) is 0 Å². The summed E-state index contributed by atoms with van der Waals surface area (Å²) in [5.41, 5.74) is 0.949. The van der Waals surface area contributed by atoms with Crippen LogP contribution < -0.4 is 4.90 Å². The van der Waals surface area contributed by atoms with Gasteiger partial charge in [-0.3, -0.25) is 4.79 Å². The van der Waals surface area contributed by atoms with Crippen LogP contribution in [0.1, 0.15) is 10.5 Å². The van der Waals surface area contributed by atoms with Crippen LogP contribution in [0, 0.1) is 5.82 Å². The number of halogens is 1. The van der Waals surface area contributed by atoms with Gasteiger partial charge >= 0.3 is 0 Å². The van der Waals surface area contributed by atoms with Gasteiger partial charge in [0.2, 0.25) is 0 Å². The molecule has 4 rings (SSSR count). The molecule has 0 unspecified atom stereocenters. The highest BCUT2D eigenvalue weighted by Crippen LogP contribution is 2.15. The molecule has 0 bridgehead atoms. The average molecular weight is 351 g/mol. The molecule has 26 heavy (non-hydrogen) atoms. The predicted molar refractivity (Wildman–Crippen MR) is 95.9 cm³/mol. The standard InChI is InChI=1S/C19H18FN5O/c20-15-4-3-5-16(14-15)25-9-7-17(22-25)19(26)24-12-10-23(11-13-24)18-6-1-2-8-21-18/h1-9,14H,10-13H2. The number of pyridine rings is 1. The van der Waals surface area contributed by atoms with Crippen LogP contribution in [-0.2, 0) is 0 Å². The van der Waals surface area contributed by atoms with Crippen molar-refractivity contribution in [1.82, 2.24) is 19.7 Å². The van der Waals surface area contributed by atoms with Crippen LogP contribution in [0.15, 0.2) is 60.9 Å². The van der Waals surface area contributed by atoms with Gasteiger partial charge in [-0.2, -0.15) is 5.10 Å². The summed E-state index contributed by atoms with van der Waals surface area (Å²) in [6.45, 7) is 2.69. The van der Waals surface area contributed by atoms with Crippen molar-refractivity contribution in [3.8, 4) is 5.69 Å². The number of aromatic nitrogens is 3. The first-order chi connectivity index (χ1) is 12.7. The van der Waals surface area contributed by atoms with Gasteiger partial charge in [-0.1, -0.05) is 12.1 Å². The topological polar surface area (TPSA) is 54.3 Å². The number of carbonyl (C=O) groups is 1. The lowest BCUT2D eigenvalue weighted by atomic mass is 10.2. The number of benzene rings is 1. The lowest BCUT2D eigenvalue weighted by Gasteiger charge is -2.35. The van der Waals surface area contributed by atoms with Gasteiger partial charge in [0.25, 0.3) is 5.91 Å². The lowest BCUT2D eigenvalue weighted by Crippen LogP contribution is -2.49. The number of hydrogen-bond acceptors (Lipinski definition) is 4. The third kappa shape index (κ3) is 3.28. The number of amides is 1. The quantitative estimate of drug-likeness (QED) is 0.727. The summed E-state index contributed by atoms with van der Waals surface area (Å²) < 4.78 is 14.9. The van der Waals surface area contributed by atoms with Gasteiger partial charge in [0, 0.05) is 38.6 Å². The Balaban J connectivity index is 1.43. The second-order valence-electron chi connectivity index (χ2n) is 6.09. The minimum atomic E-state index is -0.337. The molecule has 0 spiro atoms. The summed E-state index contributed by atoms with van der Waals surface area (Å²) in [6, 6.07) is 13.6. The number of piperazine rings is 1. The Bertz CT molecular complexity index is 903. The van der Waals surface area contributed by atoms with Gasteiger partial charge in [0.15, 0.2) is 5.69 Å². The monoisotopic (exact) mass is 351 g/mol. The van der Waals surface area contributed by atoms with Crippen LogP contribution in [0.4, 0.5) is 10.2 Å². The van der Waals surface area contributed by atoms with E-state index in [2.05, 4.69) is 15.0 Å². The van der Waals surface area contributed by atoms with Crippen molar-refractivity contribution in [2.24, 2.45) is 0 Å². The molecule has 1 amide bonds. The molecular formula is C19H18FN5O. The van der Waals surface area contributed by atoms with Crippen molar-refractivity contribution >= 4 is 11.7 Å². The maximum Gasteiger partial charge on any atom is 0.274 e. The molecule has 1 fully saturated rings. The summed E-state index contributed by atoms with van der Waals surface area (Å²) in [4.78, 5) is 21.0. The van der Waals surface area contributed by atoms with E-state index in [0.29, 0.717) is 24.5 Å². The lowest BCUT2D eigenvalue weighted by molar-refractivity contribution is 0.0740. The van der Waals surface area contributed by atoms with E-state index in [1.807, 2.05) is 18.2 Å². The van der Waals surface area contributed by atoms with E-state index in [0.717, 1.165) is 18.9 Å². The maximum atomic E-state index is 13.4. The Hall–Kier alpha value is -3.22. The highest BCUT2D eigenvalue weighted by atomic mass is 19.1. The molecule has 132 valence electrons. The van der Waals surface area contributed by atoms with Crippen molar-refractivity contribution in [3.05, 3.63) is 72.4 Å². The zero-order valence-corrected chi connectivity index (χ0v) is 14.1. The van der Waals surface area contributed by atoms with E-state index in [-0.39, 0.29) is 11.7 Å². The largest absolute Gasteiger partial charge is 0.353 e. The predicted octanol–water partition coefficient (Wildman–Crippen LogP) is 2.37. The summed E-state index contributed by atoms with van der Waals surface area (Å²) >= 11 is 0. The smallest absolute Gasteiger partial charge is 0.274 e. The van der Waals surface area contributed by atoms with E-state index in [9.17, 15) is 9.18 Å². The van der Waals surface area contributed by atoms with Crippen LogP contribution in [0.5, 0.6) is 0 Å². The molecule has 1 aromatic carbocycles. The Kier molecular flexibility index (Phi) is 4.35. The molecule has 0 aliphatic carbocycles. The molecule has 3 heterocycles. The number of nitrogens with zero attached hydrogens (tertiary/aromatic N) is 5. The van der Waals surface area contributed by atoms with Crippen molar-refractivity contribution in [2.45, 2.75) is 0 Å². The molecule has 1 aliphatic rings. The molecule has 3 aromatic rings. The first-order valence-electron chi connectivity index (χ1n) is 8.47. The van der Waals surface area contributed by atoms with E-state index < -0.39 is 0 Å². The highest BCUT2D eigenvalue weighted by Gasteiger charge is 2.24. The second kappa shape index (κ2) is 6.95. The number of hydrogen-bond donors (Lipinski definition) is 0. The zero-order chi connectivity index (χ0) is 17.9. The molecule has 2 aromatic heterocycles. The number of anilines is 1. The molecule has 1 saturated heterocycles. The SMILES string of the molecule is O=C(c1ccn(-c2cccc(F)c2)n1)N1CCN(c2ccccn2)CC1. The minimum absolute atomic E-state index is 0.110. The molecule has 0 radical (unpaired) electrons. The third-order valence-corrected chi connectivity index (χ3v) is 4.42. The highest BCUT2D eigenvalue weighted by molar-refractivity contribution is 5.92.